The molecule has 2 heteroatoms. The standard InChI is InChI=1S/C15H23NO/c1-6-15(17)13-7-9-14(10-8-13)16(5)12(4)11(2)3/h7-12H,6H2,1-5H3. The van der Waals surface area contributed by atoms with Crippen LogP contribution in [0.25, 0.3) is 0 Å². The highest BCUT2D eigenvalue weighted by Crippen LogP contribution is 2.20. The molecule has 0 spiro atoms. The lowest BCUT2D eigenvalue weighted by Gasteiger charge is -2.30. The van der Waals surface area contributed by atoms with E-state index in [-0.39, 0.29) is 5.78 Å². The Morgan fingerprint density at radius 1 is 1.18 bits per heavy atom. The fourth-order valence-corrected chi connectivity index (χ4v) is 1.77. The van der Waals surface area contributed by atoms with E-state index >= 15 is 0 Å². The van der Waals surface area contributed by atoms with Gasteiger partial charge in [0.15, 0.2) is 5.78 Å². The van der Waals surface area contributed by atoms with E-state index in [1.807, 2.05) is 31.2 Å². The maximum absolute atomic E-state index is 11.5. The molecule has 0 aliphatic rings. The van der Waals surface area contributed by atoms with Crippen molar-refractivity contribution in [3.63, 3.8) is 0 Å². The van der Waals surface area contributed by atoms with E-state index in [2.05, 4.69) is 32.7 Å². The van der Waals surface area contributed by atoms with Gasteiger partial charge in [0.25, 0.3) is 0 Å². The molecule has 0 N–H and O–H groups in total. The Kier molecular flexibility index (Phi) is 4.73. The largest absolute Gasteiger partial charge is 0.372 e. The molecule has 0 fully saturated rings. The normalized spacial score (nSPS) is 12.6. The summed E-state index contributed by atoms with van der Waals surface area (Å²) >= 11 is 0. The third kappa shape index (κ3) is 3.32. The van der Waals surface area contributed by atoms with Crippen LogP contribution >= 0.6 is 0 Å². The number of carbonyl (C=O) groups excluding carboxylic acids is 1. The molecule has 1 atom stereocenters. The van der Waals surface area contributed by atoms with E-state index < -0.39 is 0 Å². The van der Waals surface area contributed by atoms with Gasteiger partial charge in [0.2, 0.25) is 0 Å². The third-order valence-corrected chi connectivity index (χ3v) is 3.49. The van der Waals surface area contributed by atoms with Crippen molar-refractivity contribution in [3.05, 3.63) is 29.8 Å². The molecule has 1 aromatic rings. The predicted octanol–water partition coefficient (Wildman–Crippen LogP) is 3.76. The molecule has 0 bridgehead atoms. The van der Waals surface area contributed by atoms with E-state index in [4.69, 9.17) is 0 Å². The second-order valence-corrected chi connectivity index (χ2v) is 4.92. The lowest BCUT2D eigenvalue weighted by molar-refractivity contribution is 0.0988. The number of benzene rings is 1. The predicted molar refractivity (Wildman–Crippen MR) is 73.8 cm³/mol. The van der Waals surface area contributed by atoms with Crippen LogP contribution in [0.2, 0.25) is 0 Å². The zero-order chi connectivity index (χ0) is 13.0. The topological polar surface area (TPSA) is 20.3 Å². The summed E-state index contributed by atoms with van der Waals surface area (Å²) in [6.45, 7) is 8.55. The van der Waals surface area contributed by atoms with Gasteiger partial charge < -0.3 is 4.90 Å². The third-order valence-electron chi connectivity index (χ3n) is 3.49. The van der Waals surface area contributed by atoms with E-state index in [1.54, 1.807) is 0 Å². The monoisotopic (exact) mass is 233 g/mol. The highest BCUT2D eigenvalue weighted by Gasteiger charge is 2.13. The van der Waals surface area contributed by atoms with Crippen LogP contribution in [0.4, 0.5) is 5.69 Å². The van der Waals surface area contributed by atoms with Crippen molar-refractivity contribution in [2.75, 3.05) is 11.9 Å². The van der Waals surface area contributed by atoms with Gasteiger partial charge in [0.05, 0.1) is 0 Å². The van der Waals surface area contributed by atoms with E-state index in [0.29, 0.717) is 18.4 Å². The zero-order valence-corrected chi connectivity index (χ0v) is 11.5. The van der Waals surface area contributed by atoms with Crippen LogP contribution < -0.4 is 4.90 Å². The highest BCUT2D eigenvalue weighted by molar-refractivity contribution is 5.96. The Morgan fingerprint density at radius 3 is 2.12 bits per heavy atom. The van der Waals surface area contributed by atoms with Crippen molar-refractivity contribution in [2.24, 2.45) is 5.92 Å². The zero-order valence-electron chi connectivity index (χ0n) is 11.5. The summed E-state index contributed by atoms with van der Waals surface area (Å²) in [6, 6.07) is 8.39. The number of ketones is 1. The number of nitrogens with zero attached hydrogens (tertiary/aromatic N) is 1. The lowest BCUT2D eigenvalue weighted by Crippen LogP contribution is -2.33. The Labute approximate surface area is 105 Å². The molecule has 0 saturated heterocycles. The molecule has 1 aromatic carbocycles. The number of anilines is 1. The molecule has 0 heterocycles. The number of hydrogen-bond acceptors (Lipinski definition) is 2. The van der Waals surface area contributed by atoms with Crippen LogP contribution in [-0.4, -0.2) is 18.9 Å². The minimum atomic E-state index is 0.205. The maximum Gasteiger partial charge on any atom is 0.162 e. The number of hydrogen-bond donors (Lipinski definition) is 0. The summed E-state index contributed by atoms with van der Waals surface area (Å²) in [5.41, 5.74) is 1.97. The molecule has 0 aliphatic carbocycles. The first-order valence-corrected chi connectivity index (χ1v) is 6.33. The van der Waals surface area contributed by atoms with Crippen molar-refractivity contribution < 1.29 is 4.79 Å². The fraction of sp³-hybridized carbons (Fsp3) is 0.533. The summed E-state index contributed by atoms with van der Waals surface area (Å²) in [5, 5.41) is 0. The Balaban J connectivity index is 2.84. The van der Waals surface area contributed by atoms with Crippen LogP contribution in [0.15, 0.2) is 24.3 Å². The molecule has 2 nitrogen and oxygen atoms in total. The molecule has 0 saturated carbocycles. The molecule has 1 rings (SSSR count). The molecule has 94 valence electrons. The summed E-state index contributed by atoms with van der Waals surface area (Å²) in [5.74, 6) is 0.813. The second-order valence-electron chi connectivity index (χ2n) is 4.92. The quantitative estimate of drug-likeness (QED) is 0.722. The Hall–Kier alpha value is -1.31. The van der Waals surface area contributed by atoms with Crippen molar-refractivity contribution in [2.45, 2.75) is 40.2 Å². The maximum atomic E-state index is 11.5. The van der Waals surface area contributed by atoms with Gasteiger partial charge in [-0.2, -0.15) is 0 Å². The molecule has 0 aliphatic heterocycles. The molecule has 1 unspecified atom stereocenters. The van der Waals surface area contributed by atoms with Crippen molar-refractivity contribution >= 4 is 11.5 Å². The SMILES string of the molecule is CCC(=O)c1ccc(N(C)C(C)C(C)C)cc1. The van der Waals surface area contributed by atoms with Gasteiger partial charge in [-0.25, -0.2) is 0 Å². The van der Waals surface area contributed by atoms with Gasteiger partial charge in [-0.1, -0.05) is 20.8 Å². The smallest absolute Gasteiger partial charge is 0.162 e. The average molecular weight is 233 g/mol. The number of carbonyl (C=O) groups is 1. The molecule has 0 aromatic heterocycles. The van der Waals surface area contributed by atoms with Gasteiger partial charge >= 0.3 is 0 Å². The first kappa shape index (κ1) is 13.8. The summed E-state index contributed by atoms with van der Waals surface area (Å²) in [4.78, 5) is 13.8. The minimum absolute atomic E-state index is 0.205. The average Bonchev–Trinajstić information content (AvgIpc) is 2.36. The van der Waals surface area contributed by atoms with Crippen molar-refractivity contribution in [3.8, 4) is 0 Å². The van der Waals surface area contributed by atoms with Gasteiger partial charge in [-0.15, -0.1) is 0 Å². The Bertz CT molecular complexity index is 367. The van der Waals surface area contributed by atoms with Crippen molar-refractivity contribution in [1.29, 1.82) is 0 Å². The van der Waals surface area contributed by atoms with Crippen LogP contribution in [0.3, 0.4) is 0 Å². The van der Waals surface area contributed by atoms with Crippen molar-refractivity contribution in [1.82, 2.24) is 0 Å². The number of rotatable bonds is 5. The number of Topliss-reactive ketones (excluding diaryl/α,β-unsaturated/α-hetero) is 1. The first-order valence-electron chi connectivity index (χ1n) is 6.33. The fourth-order valence-electron chi connectivity index (χ4n) is 1.77. The summed E-state index contributed by atoms with van der Waals surface area (Å²) in [7, 11) is 2.10. The van der Waals surface area contributed by atoms with Gasteiger partial charge in [0.1, 0.15) is 0 Å². The molecule has 0 radical (unpaired) electrons. The van der Waals surface area contributed by atoms with Gasteiger partial charge in [0, 0.05) is 30.8 Å². The van der Waals surface area contributed by atoms with E-state index in [1.165, 1.54) is 5.69 Å². The van der Waals surface area contributed by atoms with Gasteiger partial charge in [-0.3, -0.25) is 4.79 Å². The lowest BCUT2D eigenvalue weighted by atomic mass is 10.0. The van der Waals surface area contributed by atoms with Crippen LogP contribution in [0, 0.1) is 5.92 Å². The Morgan fingerprint density at radius 2 is 1.71 bits per heavy atom. The minimum Gasteiger partial charge on any atom is -0.372 e. The van der Waals surface area contributed by atoms with Gasteiger partial charge in [-0.05, 0) is 37.1 Å². The van der Waals surface area contributed by atoms with Crippen LogP contribution in [0.5, 0.6) is 0 Å². The highest BCUT2D eigenvalue weighted by atomic mass is 16.1. The molecular weight excluding hydrogens is 210 g/mol. The first-order chi connectivity index (χ1) is 7.97. The summed E-state index contributed by atoms with van der Waals surface area (Å²) in [6.07, 6.45) is 0.567. The summed E-state index contributed by atoms with van der Waals surface area (Å²) < 4.78 is 0. The molecule has 17 heavy (non-hydrogen) atoms. The van der Waals surface area contributed by atoms with Crippen LogP contribution in [0.1, 0.15) is 44.5 Å². The molecular formula is C15H23NO. The molecule has 0 amide bonds. The second kappa shape index (κ2) is 5.85. The van der Waals surface area contributed by atoms with Crippen LogP contribution in [-0.2, 0) is 0 Å². The van der Waals surface area contributed by atoms with E-state index in [9.17, 15) is 4.79 Å². The van der Waals surface area contributed by atoms with E-state index in [0.717, 1.165) is 5.56 Å².